The molecule has 1 heterocycles. The average molecular weight is 265 g/mol. The largest absolute Gasteiger partial charge is 0.396 e. The number of rotatable bonds is 5. The summed E-state index contributed by atoms with van der Waals surface area (Å²) in [5, 5.41) is 19.2. The summed E-state index contributed by atoms with van der Waals surface area (Å²) in [6.45, 7) is 4.17. The molecule has 0 bridgehead atoms. The van der Waals surface area contributed by atoms with Gasteiger partial charge in [-0.3, -0.25) is 9.89 Å². The smallest absolute Gasteiger partial charge is 0.272 e. The van der Waals surface area contributed by atoms with E-state index in [0.29, 0.717) is 18.0 Å². The summed E-state index contributed by atoms with van der Waals surface area (Å²) < 4.78 is 0. The topological polar surface area (TPSA) is 78.0 Å². The number of aliphatic hydroxyl groups excluding tert-OH is 1. The summed E-state index contributed by atoms with van der Waals surface area (Å²) in [6.07, 6.45) is 4.78. The van der Waals surface area contributed by atoms with Crippen molar-refractivity contribution >= 4 is 5.91 Å². The zero-order valence-electron chi connectivity index (χ0n) is 11.7. The predicted molar refractivity (Wildman–Crippen MR) is 73.0 cm³/mol. The molecule has 0 saturated carbocycles. The Hall–Kier alpha value is -1.36. The van der Waals surface area contributed by atoms with Crippen LogP contribution in [0.5, 0.6) is 0 Å². The SMILES string of the molecule is CC(C)C(CCO)NC(=O)c1n[nH]c2c1CCCC2. The lowest BCUT2D eigenvalue weighted by atomic mass is 9.95. The Kier molecular flexibility index (Phi) is 4.58. The first-order chi connectivity index (χ1) is 9.13. The van der Waals surface area contributed by atoms with Crippen molar-refractivity contribution in [2.24, 2.45) is 5.92 Å². The number of aliphatic hydroxyl groups is 1. The van der Waals surface area contributed by atoms with Crippen molar-refractivity contribution in [2.75, 3.05) is 6.61 Å². The summed E-state index contributed by atoms with van der Waals surface area (Å²) >= 11 is 0. The van der Waals surface area contributed by atoms with Crippen molar-refractivity contribution in [3.8, 4) is 0 Å². The number of H-pyrrole nitrogens is 1. The third-order valence-corrected chi connectivity index (χ3v) is 3.83. The molecular weight excluding hydrogens is 242 g/mol. The quantitative estimate of drug-likeness (QED) is 0.753. The van der Waals surface area contributed by atoms with Crippen LogP contribution in [0.3, 0.4) is 0 Å². The highest BCUT2D eigenvalue weighted by Gasteiger charge is 2.24. The molecule has 1 atom stereocenters. The van der Waals surface area contributed by atoms with E-state index in [2.05, 4.69) is 15.5 Å². The Balaban J connectivity index is 2.09. The van der Waals surface area contributed by atoms with Crippen LogP contribution in [0.4, 0.5) is 0 Å². The summed E-state index contributed by atoms with van der Waals surface area (Å²) in [7, 11) is 0. The third-order valence-electron chi connectivity index (χ3n) is 3.83. The number of carbonyl (C=O) groups excluding carboxylic acids is 1. The Labute approximate surface area is 113 Å². The number of carbonyl (C=O) groups is 1. The van der Waals surface area contributed by atoms with Gasteiger partial charge in [0.25, 0.3) is 5.91 Å². The molecule has 19 heavy (non-hydrogen) atoms. The molecule has 1 amide bonds. The first-order valence-corrected chi connectivity index (χ1v) is 7.11. The zero-order valence-corrected chi connectivity index (χ0v) is 11.7. The first kappa shape index (κ1) is 14.1. The number of hydrogen-bond donors (Lipinski definition) is 3. The molecule has 1 aromatic heterocycles. The van der Waals surface area contributed by atoms with Crippen molar-refractivity contribution in [3.63, 3.8) is 0 Å². The predicted octanol–water partition coefficient (Wildman–Crippen LogP) is 1.43. The molecule has 1 aliphatic rings. The number of nitrogens with zero attached hydrogens (tertiary/aromatic N) is 1. The maximum Gasteiger partial charge on any atom is 0.272 e. The van der Waals surface area contributed by atoms with Crippen LogP contribution in [-0.4, -0.2) is 33.9 Å². The number of aromatic amines is 1. The van der Waals surface area contributed by atoms with E-state index in [-0.39, 0.29) is 18.6 Å². The summed E-state index contributed by atoms with van der Waals surface area (Å²) in [6, 6.07) is -0.00607. The van der Waals surface area contributed by atoms with Crippen molar-refractivity contribution < 1.29 is 9.90 Å². The van der Waals surface area contributed by atoms with Gasteiger partial charge in [0.15, 0.2) is 5.69 Å². The molecule has 1 aromatic rings. The van der Waals surface area contributed by atoms with Crippen LogP contribution in [0.15, 0.2) is 0 Å². The van der Waals surface area contributed by atoms with Crippen LogP contribution in [0.2, 0.25) is 0 Å². The molecular formula is C14H23N3O2. The number of aromatic nitrogens is 2. The van der Waals surface area contributed by atoms with Gasteiger partial charge in [-0.1, -0.05) is 13.8 Å². The van der Waals surface area contributed by atoms with Crippen LogP contribution in [0, 0.1) is 5.92 Å². The van der Waals surface area contributed by atoms with Gasteiger partial charge in [0.1, 0.15) is 0 Å². The van der Waals surface area contributed by atoms with Crippen molar-refractivity contribution in [2.45, 2.75) is 52.0 Å². The van der Waals surface area contributed by atoms with Gasteiger partial charge in [-0.25, -0.2) is 0 Å². The molecule has 0 aromatic carbocycles. The standard InChI is InChI=1S/C14H23N3O2/c1-9(2)11(7-8-18)15-14(19)13-10-5-3-4-6-12(10)16-17-13/h9,11,18H,3-8H2,1-2H3,(H,15,19)(H,16,17). The molecule has 0 fully saturated rings. The van der Waals surface area contributed by atoms with Gasteiger partial charge in [-0.15, -0.1) is 0 Å². The minimum atomic E-state index is -0.119. The summed E-state index contributed by atoms with van der Waals surface area (Å²) in [4.78, 5) is 12.3. The van der Waals surface area contributed by atoms with Crippen molar-refractivity contribution in [1.82, 2.24) is 15.5 Å². The highest BCUT2D eigenvalue weighted by atomic mass is 16.3. The highest BCUT2D eigenvalue weighted by molar-refractivity contribution is 5.94. The molecule has 5 heteroatoms. The van der Waals surface area contributed by atoms with E-state index >= 15 is 0 Å². The number of hydrogen-bond acceptors (Lipinski definition) is 3. The van der Waals surface area contributed by atoms with E-state index in [4.69, 9.17) is 5.11 Å². The molecule has 3 N–H and O–H groups in total. The Morgan fingerprint density at radius 1 is 1.42 bits per heavy atom. The van der Waals surface area contributed by atoms with Crippen LogP contribution >= 0.6 is 0 Å². The van der Waals surface area contributed by atoms with Crippen molar-refractivity contribution in [3.05, 3.63) is 17.0 Å². The van der Waals surface area contributed by atoms with E-state index in [9.17, 15) is 4.79 Å². The van der Waals surface area contributed by atoms with Gasteiger partial charge in [0.2, 0.25) is 0 Å². The molecule has 106 valence electrons. The maximum atomic E-state index is 12.3. The number of aryl methyl sites for hydroxylation is 1. The third kappa shape index (κ3) is 3.15. The van der Waals surface area contributed by atoms with Crippen LogP contribution in [0.25, 0.3) is 0 Å². The van der Waals surface area contributed by atoms with E-state index in [1.807, 2.05) is 13.8 Å². The zero-order chi connectivity index (χ0) is 13.8. The van der Waals surface area contributed by atoms with Crippen LogP contribution in [0.1, 0.15) is 54.9 Å². The average Bonchev–Trinajstić information content (AvgIpc) is 2.81. The summed E-state index contributed by atoms with van der Waals surface area (Å²) in [5.41, 5.74) is 2.73. The number of nitrogens with one attached hydrogen (secondary N) is 2. The van der Waals surface area contributed by atoms with E-state index in [1.54, 1.807) is 0 Å². The van der Waals surface area contributed by atoms with Gasteiger partial charge in [0.05, 0.1) is 0 Å². The molecule has 0 radical (unpaired) electrons. The van der Waals surface area contributed by atoms with Gasteiger partial charge in [-0.2, -0.15) is 5.10 Å². The van der Waals surface area contributed by atoms with E-state index < -0.39 is 0 Å². The monoisotopic (exact) mass is 265 g/mol. The first-order valence-electron chi connectivity index (χ1n) is 7.11. The second kappa shape index (κ2) is 6.19. The molecule has 0 spiro atoms. The molecule has 5 nitrogen and oxygen atoms in total. The Bertz CT molecular complexity index is 440. The van der Waals surface area contributed by atoms with Crippen LogP contribution < -0.4 is 5.32 Å². The fourth-order valence-electron chi connectivity index (χ4n) is 2.62. The highest BCUT2D eigenvalue weighted by Crippen LogP contribution is 2.22. The molecule has 1 unspecified atom stereocenters. The Morgan fingerprint density at radius 3 is 2.84 bits per heavy atom. The second-order valence-electron chi connectivity index (χ2n) is 5.57. The lowest BCUT2D eigenvalue weighted by Crippen LogP contribution is -2.39. The fourth-order valence-corrected chi connectivity index (χ4v) is 2.62. The minimum Gasteiger partial charge on any atom is -0.396 e. The minimum absolute atomic E-state index is 0.00607. The van der Waals surface area contributed by atoms with E-state index in [0.717, 1.165) is 36.9 Å². The van der Waals surface area contributed by atoms with E-state index in [1.165, 1.54) is 0 Å². The molecule has 0 aliphatic heterocycles. The fraction of sp³-hybridized carbons (Fsp3) is 0.714. The van der Waals surface area contributed by atoms with Gasteiger partial charge in [0, 0.05) is 23.9 Å². The molecule has 0 saturated heterocycles. The maximum absolute atomic E-state index is 12.3. The van der Waals surface area contributed by atoms with Crippen molar-refractivity contribution in [1.29, 1.82) is 0 Å². The second-order valence-corrected chi connectivity index (χ2v) is 5.57. The lowest BCUT2D eigenvalue weighted by Gasteiger charge is -2.21. The Morgan fingerprint density at radius 2 is 2.16 bits per heavy atom. The van der Waals surface area contributed by atoms with Gasteiger partial charge in [-0.05, 0) is 38.0 Å². The number of amides is 1. The number of fused-ring (bicyclic) bond motifs is 1. The lowest BCUT2D eigenvalue weighted by molar-refractivity contribution is 0.0910. The molecule has 2 rings (SSSR count). The summed E-state index contributed by atoms with van der Waals surface area (Å²) in [5.74, 6) is 0.178. The normalized spacial score (nSPS) is 16.2. The van der Waals surface area contributed by atoms with Gasteiger partial charge >= 0.3 is 0 Å². The van der Waals surface area contributed by atoms with Crippen LogP contribution in [-0.2, 0) is 12.8 Å². The molecule has 1 aliphatic carbocycles. The van der Waals surface area contributed by atoms with Gasteiger partial charge < -0.3 is 10.4 Å².